The highest BCUT2D eigenvalue weighted by Gasteiger charge is 2.10. The Morgan fingerprint density at radius 1 is 1.33 bits per heavy atom. The summed E-state index contributed by atoms with van der Waals surface area (Å²) in [5.41, 5.74) is 3.42. The largest absolute Gasteiger partial charge is 0.303 e. The Kier molecular flexibility index (Phi) is 4.39. The number of hydrogen-bond donors (Lipinski definition) is 1. The van der Waals surface area contributed by atoms with Crippen molar-refractivity contribution in [2.45, 2.75) is 19.5 Å². The van der Waals surface area contributed by atoms with E-state index < -0.39 is 0 Å². The van der Waals surface area contributed by atoms with Crippen molar-refractivity contribution in [1.82, 2.24) is 15.1 Å². The Morgan fingerprint density at radius 3 is 2.61 bits per heavy atom. The van der Waals surface area contributed by atoms with Gasteiger partial charge in [0.25, 0.3) is 0 Å². The molecule has 0 fully saturated rings. The van der Waals surface area contributed by atoms with Crippen molar-refractivity contribution < 1.29 is 0 Å². The van der Waals surface area contributed by atoms with Gasteiger partial charge in [-0.15, -0.1) is 11.6 Å². The first-order valence-corrected chi connectivity index (χ1v) is 6.58. The Morgan fingerprint density at radius 2 is 2.06 bits per heavy atom. The second-order valence-corrected chi connectivity index (χ2v) is 4.71. The molecular formula is C14H18ClN3. The minimum absolute atomic E-state index is 0.170. The van der Waals surface area contributed by atoms with Crippen LogP contribution in [0, 0.1) is 6.92 Å². The van der Waals surface area contributed by atoms with Gasteiger partial charge in [-0.2, -0.15) is 5.10 Å². The Labute approximate surface area is 113 Å². The number of nitrogens with one attached hydrogen (secondary N) is 1. The summed E-state index contributed by atoms with van der Waals surface area (Å²) in [4.78, 5) is 0. The molecule has 2 aromatic rings. The third kappa shape index (κ3) is 3.12. The second kappa shape index (κ2) is 6.03. The van der Waals surface area contributed by atoms with E-state index in [4.69, 9.17) is 11.6 Å². The summed E-state index contributed by atoms with van der Waals surface area (Å²) in [5.74, 6) is 0.556. The summed E-state index contributed by atoms with van der Waals surface area (Å²) < 4.78 is 1.90. The molecule has 0 aliphatic heterocycles. The predicted molar refractivity (Wildman–Crippen MR) is 74.7 cm³/mol. The van der Waals surface area contributed by atoms with Crippen molar-refractivity contribution >= 4 is 11.6 Å². The lowest BCUT2D eigenvalue weighted by Gasteiger charge is -2.16. The molecule has 18 heavy (non-hydrogen) atoms. The zero-order chi connectivity index (χ0) is 13.0. The zero-order valence-corrected chi connectivity index (χ0v) is 11.5. The van der Waals surface area contributed by atoms with Gasteiger partial charge < -0.3 is 5.32 Å². The molecule has 3 nitrogen and oxygen atoms in total. The molecule has 0 aliphatic rings. The van der Waals surface area contributed by atoms with Crippen LogP contribution in [-0.2, 0) is 13.6 Å². The molecule has 0 saturated heterocycles. The summed E-state index contributed by atoms with van der Waals surface area (Å²) in [5, 5.41) is 7.79. The minimum Gasteiger partial charge on any atom is -0.303 e. The molecule has 0 saturated carbocycles. The van der Waals surface area contributed by atoms with E-state index in [1.807, 2.05) is 36.9 Å². The third-order valence-corrected chi connectivity index (χ3v) is 3.29. The first-order chi connectivity index (χ1) is 8.70. The van der Waals surface area contributed by atoms with Gasteiger partial charge in [0.1, 0.15) is 0 Å². The van der Waals surface area contributed by atoms with Gasteiger partial charge in [0.05, 0.1) is 11.4 Å². The number of alkyl halides is 1. The molecule has 0 amide bonds. The van der Waals surface area contributed by atoms with E-state index in [-0.39, 0.29) is 6.04 Å². The van der Waals surface area contributed by atoms with Crippen molar-refractivity contribution in [2.24, 2.45) is 7.05 Å². The predicted octanol–water partition coefficient (Wildman–Crippen LogP) is 2.80. The van der Waals surface area contributed by atoms with Gasteiger partial charge in [-0.25, -0.2) is 0 Å². The van der Waals surface area contributed by atoms with Crippen LogP contribution in [0.15, 0.2) is 36.4 Å². The van der Waals surface area contributed by atoms with Crippen molar-refractivity contribution in [3.05, 3.63) is 53.3 Å². The molecule has 2 rings (SSSR count). The maximum atomic E-state index is 6.03. The molecule has 1 heterocycles. The monoisotopic (exact) mass is 263 g/mol. The number of aromatic nitrogens is 2. The summed E-state index contributed by atoms with van der Waals surface area (Å²) >= 11 is 6.03. The number of rotatable bonds is 5. The van der Waals surface area contributed by atoms with Gasteiger partial charge in [0.2, 0.25) is 0 Å². The highest BCUT2D eigenvalue weighted by molar-refractivity contribution is 6.18. The number of halogens is 1. The summed E-state index contributed by atoms with van der Waals surface area (Å²) in [6, 6.07) is 12.5. The average Bonchev–Trinajstić information content (AvgIpc) is 2.70. The molecule has 1 atom stereocenters. The summed E-state index contributed by atoms with van der Waals surface area (Å²) in [6.07, 6.45) is 0. The highest BCUT2D eigenvalue weighted by atomic mass is 35.5. The van der Waals surface area contributed by atoms with Gasteiger partial charge in [0, 0.05) is 25.5 Å². The molecule has 0 radical (unpaired) electrons. The summed E-state index contributed by atoms with van der Waals surface area (Å²) in [7, 11) is 1.96. The van der Waals surface area contributed by atoms with E-state index in [1.54, 1.807) is 0 Å². The first kappa shape index (κ1) is 13.1. The Hall–Kier alpha value is -1.32. The number of aryl methyl sites for hydroxylation is 2. The van der Waals surface area contributed by atoms with Crippen LogP contribution in [0.1, 0.15) is 23.0 Å². The average molecular weight is 264 g/mol. The topological polar surface area (TPSA) is 29.9 Å². The lowest BCUT2D eigenvalue weighted by molar-refractivity contribution is 0.552. The van der Waals surface area contributed by atoms with Crippen LogP contribution >= 0.6 is 11.6 Å². The molecule has 0 spiro atoms. The van der Waals surface area contributed by atoms with E-state index >= 15 is 0 Å². The molecule has 1 aromatic heterocycles. The van der Waals surface area contributed by atoms with Gasteiger partial charge >= 0.3 is 0 Å². The molecular weight excluding hydrogens is 246 g/mol. The van der Waals surface area contributed by atoms with Crippen LogP contribution in [0.25, 0.3) is 0 Å². The van der Waals surface area contributed by atoms with Gasteiger partial charge in [-0.3, -0.25) is 4.68 Å². The molecule has 0 aliphatic carbocycles. The fourth-order valence-corrected chi connectivity index (χ4v) is 2.29. The van der Waals surface area contributed by atoms with Crippen LogP contribution in [-0.4, -0.2) is 15.7 Å². The summed E-state index contributed by atoms with van der Waals surface area (Å²) in [6.45, 7) is 2.77. The number of hydrogen-bond acceptors (Lipinski definition) is 2. The van der Waals surface area contributed by atoms with Gasteiger partial charge in [-0.05, 0) is 18.6 Å². The van der Waals surface area contributed by atoms with E-state index in [2.05, 4.69) is 28.6 Å². The van der Waals surface area contributed by atoms with E-state index in [1.165, 1.54) is 11.3 Å². The van der Waals surface area contributed by atoms with Crippen LogP contribution in [0.4, 0.5) is 0 Å². The first-order valence-electron chi connectivity index (χ1n) is 6.04. The smallest absolute Gasteiger partial charge is 0.0597 e. The molecule has 4 heteroatoms. The fourth-order valence-electron chi connectivity index (χ4n) is 2.00. The lowest BCUT2D eigenvalue weighted by atomic mass is 10.1. The lowest BCUT2D eigenvalue weighted by Crippen LogP contribution is -2.23. The molecule has 1 aromatic carbocycles. The minimum atomic E-state index is 0.170. The van der Waals surface area contributed by atoms with E-state index in [0.717, 1.165) is 12.2 Å². The van der Waals surface area contributed by atoms with Crippen LogP contribution < -0.4 is 5.32 Å². The zero-order valence-electron chi connectivity index (χ0n) is 10.7. The Bertz CT molecular complexity index is 493. The van der Waals surface area contributed by atoms with Crippen LogP contribution in [0.5, 0.6) is 0 Å². The van der Waals surface area contributed by atoms with E-state index in [0.29, 0.717) is 5.88 Å². The van der Waals surface area contributed by atoms with Crippen molar-refractivity contribution in [3.8, 4) is 0 Å². The normalized spacial score (nSPS) is 12.6. The van der Waals surface area contributed by atoms with Crippen molar-refractivity contribution in [3.63, 3.8) is 0 Å². The maximum Gasteiger partial charge on any atom is 0.0597 e. The molecule has 0 bridgehead atoms. The van der Waals surface area contributed by atoms with Crippen molar-refractivity contribution in [1.29, 1.82) is 0 Å². The van der Waals surface area contributed by atoms with E-state index in [9.17, 15) is 0 Å². The van der Waals surface area contributed by atoms with Gasteiger partial charge in [0.15, 0.2) is 0 Å². The quantitative estimate of drug-likeness (QED) is 0.841. The third-order valence-electron chi connectivity index (χ3n) is 2.98. The van der Waals surface area contributed by atoms with Crippen LogP contribution in [0.3, 0.4) is 0 Å². The molecule has 1 N–H and O–H groups in total. The fraction of sp³-hybridized carbons (Fsp3) is 0.357. The number of nitrogens with zero attached hydrogens (tertiary/aromatic N) is 2. The SMILES string of the molecule is Cc1cc(CNC(CCl)c2ccccc2)n(C)n1. The molecule has 1 unspecified atom stereocenters. The molecule has 96 valence electrons. The van der Waals surface area contributed by atoms with Crippen LogP contribution in [0.2, 0.25) is 0 Å². The number of benzene rings is 1. The maximum absolute atomic E-state index is 6.03. The van der Waals surface area contributed by atoms with Crippen molar-refractivity contribution in [2.75, 3.05) is 5.88 Å². The standard InChI is InChI=1S/C14H18ClN3/c1-11-8-13(18(2)17-11)10-16-14(9-15)12-6-4-3-5-7-12/h3-8,14,16H,9-10H2,1-2H3. The second-order valence-electron chi connectivity index (χ2n) is 4.40. The highest BCUT2D eigenvalue weighted by Crippen LogP contribution is 2.15. The van der Waals surface area contributed by atoms with Gasteiger partial charge in [-0.1, -0.05) is 30.3 Å². The Balaban J connectivity index is 2.02.